The summed E-state index contributed by atoms with van der Waals surface area (Å²) in [7, 11) is 0. The van der Waals surface area contributed by atoms with Gasteiger partial charge in [0.1, 0.15) is 5.82 Å². The maximum absolute atomic E-state index is 13.2. The fourth-order valence-electron chi connectivity index (χ4n) is 2.55. The molecule has 0 unspecified atom stereocenters. The lowest BCUT2D eigenvalue weighted by Crippen LogP contribution is -2.39. The minimum atomic E-state index is -4.52. The highest BCUT2D eigenvalue weighted by Crippen LogP contribution is 2.51. The molecule has 1 saturated heterocycles. The van der Waals surface area contributed by atoms with Crippen molar-refractivity contribution in [2.45, 2.75) is 37.5 Å². The zero-order chi connectivity index (χ0) is 16.1. The summed E-state index contributed by atoms with van der Waals surface area (Å²) in [6.45, 7) is 2.53. The van der Waals surface area contributed by atoms with E-state index in [1.807, 2.05) is 0 Å². The van der Waals surface area contributed by atoms with Crippen LogP contribution in [-0.4, -0.2) is 29.5 Å². The number of epoxide rings is 1. The first kappa shape index (κ1) is 15.8. The van der Waals surface area contributed by atoms with Gasteiger partial charge in [-0.1, -0.05) is 19.9 Å². The number of carboxylic acid groups (broad SMARTS) is 1. The Morgan fingerprint density at radius 2 is 1.95 bits per heavy atom. The molecule has 1 aromatic rings. The molecule has 1 aliphatic rings. The van der Waals surface area contributed by atoms with E-state index in [2.05, 4.69) is 4.74 Å². The van der Waals surface area contributed by atoms with E-state index in [0.29, 0.717) is 0 Å². The lowest BCUT2D eigenvalue weighted by atomic mass is 9.75. The van der Waals surface area contributed by atoms with Crippen LogP contribution in [0, 0.1) is 5.82 Å². The van der Waals surface area contributed by atoms with Crippen LogP contribution < -0.4 is 0 Å². The smallest absolute Gasteiger partial charge is 0.419 e. The molecule has 0 bridgehead atoms. The number of hydrogen-bond acceptors (Lipinski definition) is 2. The van der Waals surface area contributed by atoms with Gasteiger partial charge in [0.25, 0.3) is 0 Å². The average molecular weight is 306 g/mol. The molecule has 1 aliphatic heterocycles. The topological polar surface area (TPSA) is 49.8 Å². The number of carboxylic acids is 1. The maximum Gasteiger partial charge on any atom is 0.419 e. The van der Waals surface area contributed by atoms with Crippen molar-refractivity contribution in [2.75, 3.05) is 6.61 Å². The first-order valence-corrected chi connectivity index (χ1v) is 6.23. The van der Waals surface area contributed by atoms with E-state index in [-0.39, 0.29) is 11.1 Å². The highest BCUT2D eigenvalue weighted by atomic mass is 19.4. The zero-order valence-electron chi connectivity index (χ0n) is 11.4. The van der Waals surface area contributed by atoms with Crippen molar-refractivity contribution in [3.05, 3.63) is 35.1 Å². The fourth-order valence-corrected chi connectivity index (χ4v) is 2.55. The molecule has 1 N–H and O–H groups in total. The van der Waals surface area contributed by atoms with Crippen molar-refractivity contribution in [3.8, 4) is 0 Å². The molecule has 0 aliphatic carbocycles. The van der Waals surface area contributed by atoms with Crippen molar-refractivity contribution in [2.24, 2.45) is 0 Å². The Labute approximate surface area is 118 Å². The summed E-state index contributed by atoms with van der Waals surface area (Å²) in [5.74, 6) is -2.13. The van der Waals surface area contributed by atoms with Crippen molar-refractivity contribution >= 4 is 5.97 Å². The standard InChI is InChI=1S/C14H14F4O3/c1-12(2,6-13(7-21-13)14(16,17)18)10-4-3-8(15)5-9(10)11(19)20/h3-5H,6-7H2,1-2H3,(H,19,20)/t13-/m1/s1. The number of ether oxygens (including phenoxy) is 1. The predicted molar refractivity (Wildman–Crippen MR) is 65.7 cm³/mol. The lowest BCUT2D eigenvalue weighted by molar-refractivity contribution is -0.188. The molecule has 0 amide bonds. The van der Waals surface area contributed by atoms with Crippen molar-refractivity contribution in [3.63, 3.8) is 0 Å². The van der Waals surface area contributed by atoms with Crippen LogP contribution in [0.2, 0.25) is 0 Å². The largest absolute Gasteiger partial charge is 0.478 e. The first-order valence-electron chi connectivity index (χ1n) is 6.23. The Kier molecular flexibility index (Phi) is 3.52. The van der Waals surface area contributed by atoms with Crippen LogP contribution in [0.3, 0.4) is 0 Å². The normalized spacial score (nSPS) is 22.2. The maximum atomic E-state index is 13.2. The molecule has 0 saturated carbocycles. The highest BCUT2D eigenvalue weighted by molar-refractivity contribution is 5.89. The summed E-state index contributed by atoms with van der Waals surface area (Å²) in [6, 6.07) is 3.07. The van der Waals surface area contributed by atoms with Gasteiger partial charge >= 0.3 is 12.1 Å². The number of carbonyl (C=O) groups is 1. The monoisotopic (exact) mass is 306 g/mol. The van der Waals surface area contributed by atoms with Gasteiger partial charge in [-0.2, -0.15) is 13.2 Å². The average Bonchev–Trinajstić information content (AvgIpc) is 3.08. The van der Waals surface area contributed by atoms with Crippen molar-refractivity contribution < 1.29 is 32.2 Å². The summed E-state index contributed by atoms with van der Waals surface area (Å²) >= 11 is 0. The van der Waals surface area contributed by atoms with Gasteiger partial charge < -0.3 is 9.84 Å². The second kappa shape index (κ2) is 4.69. The quantitative estimate of drug-likeness (QED) is 0.684. The van der Waals surface area contributed by atoms with Gasteiger partial charge in [-0.3, -0.25) is 0 Å². The number of benzene rings is 1. The Hall–Kier alpha value is -1.63. The second-order valence-electron chi connectivity index (χ2n) is 5.84. The number of alkyl halides is 3. The van der Waals surface area contributed by atoms with Crippen molar-refractivity contribution in [1.82, 2.24) is 0 Å². The van der Waals surface area contributed by atoms with Gasteiger partial charge in [0, 0.05) is 0 Å². The van der Waals surface area contributed by atoms with E-state index in [0.717, 1.165) is 12.1 Å². The summed E-state index contributed by atoms with van der Waals surface area (Å²) in [5, 5.41) is 9.11. The Morgan fingerprint density at radius 3 is 2.38 bits per heavy atom. The number of rotatable bonds is 4. The molecule has 21 heavy (non-hydrogen) atoms. The Morgan fingerprint density at radius 1 is 1.38 bits per heavy atom. The van der Waals surface area contributed by atoms with E-state index in [9.17, 15) is 22.4 Å². The molecule has 0 spiro atoms. The van der Waals surface area contributed by atoms with Crippen LogP contribution >= 0.6 is 0 Å². The van der Waals surface area contributed by atoms with Gasteiger partial charge in [0.05, 0.1) is 12.2 Å². The van der Waals surface area contributed by atoms with E-state index in [1.54, 1.807) is 0 Å². The molecule has 7 heteroatoms. The molecular weight excluding hydrogens is 292 g/mol. The van der Waals surface area contributed by atoms with Gasteiger partial charge in [-0.15, -0.1) is 0 Å². The zero-order valence-corrected chi connectivity index (χ0v) is 11.4. The van der Waals surface area contributed by atoms with E-state index in [1.165, 1.54) is 19.9 Å². The third-order valence-electron chi connectivity index (χ3n) is 3.68. The van der Waals surface area contributed by atoms with Crippen LogP contribution in [0.4, 0.5) is 17.6 Å². The minimum absolute atomic E-state index is 0.149. The third-order valence-corrected chi connectivity index (χ3v) is 3.68. The van der Waals surface area contributed by atoms with Crippen LogP contribution in [0.15, 0.2) is 18.2 Å². The number of halogens is 4. The Bertz CT molecular complexity index is 574. The van der Waals surface area contributed by atoms with Gasteiger partial charge in [-0.05, 0) is 29.5 Å². The van der Waals surface area contributed by atoms with Gasteiger partial charge in [0.15, 0.2) is 5.60 Å². The van der Waals surface area contributed by atoms with Gasteiger partial charge in [-0.25, -0.2) is 9.18 Å². The highest BCUT2D eigenvalue weighted by Gasteiger charge is 2.67. The van der Waals surface area contributed by atoms with E-state index in [4.69, 9.17) is 5.11 Å². The fraction of sp³-hybridized carbons (Fsp3) is 0.500. The lowest BCUT2D eigenvalue weighted by Gasteiger charge is -2.30. The summed E-state index contributed by atoms with van der Waals surface area (Å²) in [6.07, 6.45) is -4.94. The van der Waals surface area contributed by atoms with E-state index < -0.39 is 42.0 Å². The molecule has 0 radical (unpaired) electrons. The molecule has 1 fully saturated rings. The number of aromatic carboxylic acids is 1. The molecule has 0 aromatic heterocycles. The molecule has 1 atom stereocenters. The second-order valence-corrected chi connectivity index (χ2v) is 5.84. The molecule has 116 valence electrons. The predicted octanol–water partition coefficient (Wildman–Crippen LogP) is 3.52. The van der Waals surface area contributed by atoms with Gasteiger partial charge in [0.2, 0.25) is 0 Å². The summed E-state index contributed by atoms with van der Waals surface area (Å²) in [5.41, 5.74) is -3.55. The van der Waals surface area contributed by atoms with Crippen LogP contribution in [-0.2, 0) is 10.2 Å². The Balaban J connectivity index is 2.39. The molecule has 3 nitrogen and oxygen atoms in total. The first-order chi connectivity index (χ1) is 9.48. The number of hydrogen-bond donors (Lipinski definition) is 1. The summed E-state index contributed by atoms with van der Waals surface area (Å²) < 4.78 is 56.7. The summed E-state index contributed by atoms with van der Waals surface area (Å²) in [4.78, 5) is 11.2. The van der Waals surface area contributed by atoms with Crippen molar-refractivity contribution in [1.29, 1.82) is 0 Å². The van der Waals surface area contributed by atoms with Crippen LogP contribution in [0.25, 0.3) is 0 Å². The molecule has 1 heterocycles. The van der Waals surface area contributed by atoms with Crippen LogP contribution in [0.5, 0.6) is 0 Å². The van der Waals surface area contributed by atoms with E-state index >= 15 is 0 Å². The molecule has 1 aromatic carbocycles. The SMILES string of the molecule is CC(C)(C[C@]1(C(F)(F)F)CO1)c1ccc(F)cc1C(=O)O. The third kappa shape index (κ3) is 2.88. The van der Waals surface area contributed by atoms with Crippen LogP contribution in [0.1, 0.15) is 36.2 Å². The molecule has 2 rings (SSSR count). The minimum Gasteiger partial charge on any atom is -0.478 e. The molecular formula is C14H14F4O3.